The van der Waals surface area contributed by atoms with Gasteiger partial charge in [-0.2, -0.15) is 0 Å². The highest BCUT2D eigenvalue weighted by atomic mass is 19.1. The van der Waals surface area contributed by atoms with Crippen LogP contribution in [0.5, 0.6) is 0 Å². The van der Waals surface area contributed by atoms with Crippen molar-refractivity contribution < 1.29 is 8.78 Å². The molecule has 0 bridgehead atoms. The van der Waals surface area contributed by atoms with Crippen molar-refractivity contribution in [2.45, 2.75) is 26.3 Å². The molecule has 0 saturated heterocycles. The molecule has 1 aromatic carbocycles. The lowest BCUT2D eigenvalue weighted by molar-refractivity contribution is 0.392. The van der Waals surface area contributed by atoms with Gasteiger partial charge in [0.2, 0.25) is 0 Å². The number of nitrogens with one attached hydrogen (secondary N) is 1. The van der Waals surface area contributed by atoms with Gasteiger partial charge in [0.05, 0.1) is 0 Å². The van der Waals surface area contributed by atoms with E-state index in [1.807, 2.05) is 13.8 Å². The van der Waals surface area contributed by atoms with Crippen LogP contribution in [0.1, 0.15) is 19.4 Å². The van der Waals surface area contributed by atoms with Gasteiger partial charge in [0.25, 0.3) is 0 Å². The van der Waals surface area contributed by atoms with E-state index in [0.29, 0.717) is 0 Å². The fourth-order valence-corrected chi connectivity index (χ4v) is 1.43. The summed E-state index contributed by atoms with van der Waals surface area (Å²) in [5, 5.41) is 0. The van der Waals surface area contributed by atoms with Gasteiger partial charge >= 0.3 is 0 Å². The molecule has 0 fully saturated rings. The minimum Gasteiger partial charge on any atom is -0.271 e. The summed E-state index contributed by atoms with van der Waals surface area (Å²) in [6, 6.07) is 3.74. The zero-order valence-corrected chi connectivity index (χ0v) is 8.93. The van der Waals surface area contributed by atoms with Crippen LogP contribution in [0.4, 0.5) is 8.78 Å². The highest BCUT2D eigenvalue weighted by Gasteiger charge is 2.17. The van der Waals surface area contributed by atoms with E-state index >= 15 is 0 Å². The Balaban J connectivity index is 2.87. The number of nitrogens with two attached hydrogens (primary N) is 1. The maximum absolute atomic E-state index is 13.3. The lowest BCUT2D eigenvalue weighted by atomic mass is 9.96. The molecule has 0 aliphatic rings. The Hall–Kier alpha value is -1.00. The first-order valence-electron chi connectivity index (χ1n) is 4.95. The number of hydrogen-bond acceptors (Lipinski definition) is 2. The molecule has 0 aliphatic heterocycles. The largest absolute Gasteiger partial charge is 0.271 e. The molecule has 15 heavy (non-hydrogen) atoms. The van der Waals surface area contributed by atoms with Crippen LogP contribution in [0, 0.1) is 17.6 Å². The minimum atomic E-state index is -0.518. The van der Waals surface area contributed by atoms with Crippen LogP contribution < -0.4 is 11.3 Å². The van der Waals surface area contributed by atoms with Gasteiger partial charge in [0, 0.05) is 11.6 Å². The second-order valence-electron chi connectivity index (χ2n) is 3.92. The maximum Gasteiger partial charge on any atom is 0.129 e. The summed E-state index contributed by atoms with van der Waals surface area (Å²) in [5.41, 5.74) is 2.66. The van der Waals surface area contributed by atoms with E-state index in [4.69, 9.17) is 5.84 Å². The van der Waals surface area contributed by atoms with Crippen molar-refractivity contribution in [1.29, 1.82) is 0 Å². The second kappa shape index (κ2) is 5.19. The van der Waals surface area contributed by atoms with Crippen molar-refractivity contribution in [2.75, 3.05) is 0 Å². The van der Waals surface area contributed by atoms with Crippen LogP contribution in [-0.4, -0.2) is 6.04 Å². The zero-order chi connectivity index (χ0) is 11.4. The monoisotopic (exact) mass is 214 g/mol. The van der Waals surface area contributed by atoms with Crippen LogP contribution >= 0.6 is 0 Å². The predicted molar refractivity (Wildman–Crippen MR) is 56.0 cm³/mol. The van der Waals surface area contributed by atoms with Crippen molar-refractivity contribution in [2.24, 2.45) is 11.8 Å². The van der Waals surface area contributed by atoms with E-state index in [1.165, 1.54) is 18.2 Å². The molecule has 0 aromatic heterocycles. The van der Waals surface area contributed by atoms with Gasteiger partial charge in [-0.25, -0.2) is 8.78 Å². The summed E-state index contributed by atoms with van der Waals surface area (Å²) in [5.74, 6) is 4.51. The van der Waals surface area contributed by atoms with E-state index < -0.39 is 11.6 Å². The van der Waals surface area contributed by atoms with E-state index in [2.05, 4.69) is 5.43 Å². The summed E-state index contributed by atoms with van der Waals surface area (Å²) < 4.78 is 26.6. The van der Waals surface area contributed by atoms with Gasteiger partial charge in [0.15, 0.2) is 0 Å². The third kappa shape index (κ3) is 2.97. The van der Waals surface area contributed by atoms with Crippen molar-refractivity contribution in [1.82, 2.24) is 5.43 Å². The predicted octanol–water partition coefficient (Wildman–Crippen LogP) is 2.00. The standard InChI is InChI=1S/C11H16F2N2/c1-7(2)11(15-14)6-8-9(12)4-3-5-10(8)13/h3-5,7,11,15H,6,14H2,1-2H3. The minimum absolute atomic E-state index is 0.0918. The first kappa shape index (κ1) is 12.1. The van der Waals surface area contributed by atoms with Gasteiger partial charge in [-0.1, -0.05) is 19.9 Å². The van der Waals surface area contributed by atoms with Crippen molar-refractivity contribution in [3.63, 3.8) is 0 Å². The highest BCUT2D eigenvalue weighted by molar-refractivity contribution is 5.20. The van der Waals surface area contributed by atoms with Crippen LogP contribution in [-0.2, 0) is 6.42 Å². The molecule has 0 radical (unpaired) electrons. The molecule has 1 atom stereocenters. The molecule has 1 rings (SSSR count). The second-order valence-corrected chi connectivity index (χ2v) is 3.92. The van der Waals surface area contributed by atoms with Crippen LogP contribution in [0.2, 0.25) is 0 Å². The van der Waals surface area contributed by atoms with E-state index in [0.717, 1.165) is 0 Å². The Morgan fingerprint density at radius 2 is 1.80 bits per heavy atom. The van der Waals surface area contributed by atoms with Crippen LogP contribution in [0.15, 0.2) is 18.2 Å². The quantitative estimate of drug-likeness (QED) is 0.594. The van der Waals surface area contributed by atoms with E-state index in [-0.39, 0.29) is 23.9 Å². The summed E-state index contributed by atoms with van der Waals surface area (Å²) in [6.07, 6.45) is 0.257. The maximum atomic E-state index is 13.3. The first-order valence-corrected chi connectivity index (χ1v) is 4.95. The Morgan fingerprint density at radius 3 is 2.20 bits per heavy atom. The fourth-order valence-electron chi connectivity index (χ4n) is 1.43. The molecule has 1 unspecified atom stereocenters. The zero-order valence-electron chi connectivity index (χ0n) is 8.93. The lowest BCUT2D eigenvalue weighted by Gasteiger charge is -2.20. The average molecular weight is 214 g/mol. The molecule has 0 heterocycles. The molecule has 0 saturated carbocycles. The van der Waals surface area contributed by atoms with Crippen molar-refractivity contribution in [3.05, 3.63) is 35.4 Å². The third-order valence-corrected chi connectivity index (χ3v) is 2.50. The SMILES string of the molecule is CC(C)C(Cc1c(F)cccc1F)NN. The fraction of sp³-hybridized carbons (Fsp3) is 0.455. The third-order valence-electron chi connectivity index (χ3n) is 2.50. The summed E-state index contributed by atoms with van der Waals surface area (Å²) >= 11 is 0. The summed E-state index contributed by atoms with van der Waals surface area (Å²) in [7, 11) is 0. The van der Waals surface area contributed by atoms with Gasteiger partial charge in [-0.05, 0) is 24.5 Å². The van der Waals surface area contributed by atoms with Gasteiger partial charge < -0.3 is 0 Å². The van der Waals surface area contributed by atoms with Crippen LogP contribution in [0.25, 0.3) is 0 Å². The van der Waals surface area contributed by atoms with Gasteiger partial charge in [-0.3, -0.25) is 11.3 Å². The number of halogens is 2. The van der Waals surface area contributed by atoms with E-state index in [9.17, 15) is 8.78 Å². The number of hydrazine groups is 1. The molecule has 4 heteroatoms. The molecule has 1 aromatic rings. The van der Waals surface area contributed by atoms with Crippen molar-refractivity contribution >= 4 is 0 Å². The van der Waals surface area contributed by atoms with Gasteiger partial charge in [-0.15, -0.1) is 0 Å². The normalized spacial score (nSPS) is 13.2. The topological polar surface area (TPSA) is 38.0 Å². The number of hydrogen-bond donors (Lipinski definition) is 2. The number of rotatable bonds is 4. The average Bonchev–Trinajstić information content (AvgIpc) is 2.17. The first-order chi connectivity index (χ1) is 7.06. The molecule has 3 N–H and O–H groups in total. The molecule has 84 valence electrons. The Bertz CT molecular complexity index is 306. The Morgan fingerprint density at radius 1 is 1.27 bits per heavy atom. The Kier molecular flexibility index (Phi) is 4.17. The highest BCUT2D eigenvalue weighted by Crippen LogP contribution is 2.16. The summed E-state index contributed by atoms with van der Waals surface area (Å²) in [6.45, 7) is 3.90. The van der Waals surface area contributed by atoms with Crippen molar-refractivity contribution in [3.8, 4) is 0 Å². The lowest BCUT2D eigenvalue weighted by Crippen LogP contribution is -2.40. The number of benzene rings is 1. The molecule has 2 nitrogen and oxygen atoms in total. The van der Waals surface area contributed by atoms with Gasteiger partial charge in [0.1, 0.15) is 11.6 Å². The smallest absolute Gasteiger partial charge is 0.129 e. The Labute approximate surface area is 88.4 Å². The summed E-state index contributed by atoms with van der Waals surface area (Å²) in [4.78, 5) is 0. The molecule has 0 spiro atoms. The van der Waals surface area contributed by atoms with E-state index in [1.54, 1.807) is 0 Å². The molecular weight excluding hydrogens is 198 g/mol. The van der Waals surface area contributed by atoms with Crippen LogP contribution in [0.3, 0.4) is 0 Å². The molecule has 0 amide bonds. The molecule has 0 aliphatic carbocycles. The molecular formula is C11H16F2N2.